The number of rotatable bonds is 3. The summed E-state index contributed by atoms with van der Waals surface area (Å²) < 4.78 is 5.10. The third-order valence-electron chi connectivity index (χ3n) is 1.91. The summed E-state index contributed by atoms with van der Waals surface area (Å²) in [7, 11) is 1.58. The lowest BCUT2D eigenvalue weighted by molar-refractivity contribution is 0.415. The van der Waals surface area contributed by atoms with E-state index in [0.29, 0.717) is 16.7 Å². The molecule has 2 rings (SSSR count). The first kappa shape index (κ1) is 9.86. The van der Waals surface area contributed by atoms with Crippen molar-refractivity contribution >= 4 is 23.2 Å². The van der Waals surface area contributed by atoms with Gasteiger partial charge in [0.25, 0.3) is 0 Å². The highest BCUT2D eigenvalue weighted by atomic mass is 35.5. The number of nitrogens with one attached hydrogen (secondary N) is 2. The van der Waals surface area contributed by atoms with E-state index in [-0.39, 0.29) is 0 Å². The molecule has 2 N–H and O–H groups in total. The first-order valence-electron chi connectivity index (χ1n) is 4.39. The van der Waals surface area contributed by atoms with Crippen LogP contribution in [0.1, 0.15) is 0 Å². The summed E-state index contributed by atoms with van der Waals surface area (Å²) in [5, 5.41) is 3.67. The SMILES string of the molecule is COc1cc(Nc2ncc[nH]2)ccc1Cl. The number of halogens is 1. The van der Waals surface area contributed by atoms with Crippen LogP contribution in [0.25, 0.3) is 0 Å². The Hall–Kier alpha value is -1.68. The zero-order valence-electron chi connectivity index (χ0n) is 8.12. The van der Waals surface area contributed by atoms with Crippen molar-refractivity contribution in [2.24, 2.45) is 0 Å². The third kappa shape index (κ3) is 2.22. The number of hydrogen-bond acceptors (Lipinski definition) is 3. The monoisotopic (exact) mass is 223 g/mol. The number of hydrogen-bond donors (Lipinski definition) is 2. The van der Waals surface area contributed by atoms with Gasteiger partial charge in [-0.25, -0.2) is 4.98 Å². The van der Waals surface area contributed by atoms with Crippen LogP contribution in [0.2, 0.25) is 5.02 Å². The van der Waals surface area contributed by atoms with Gasteiger partial charge in [-0.05, 0) is 12.1 Å². The van der Waals surface area contributed by atoms with Crippen LogP contribution in [0.5, 0.6) is 5.75 Å². The number of imidazole rings is 1. The molecule has 0 atom stereocenters. The second-order valence-corrected chi connectivity index (χ2v) is 3.32. The first-order valence-corrected chi connectivity index (χ1v) is 4.77. The molecule has 1 aromatic carbocycles. The van der Waals surface area contributed by atoms with Gasteiger partial charge in [0, 0.05) is 24.1 Å². The van der Waals surface area contributed by atoms with Gasteiger partial charge in [0.15, 0.2) is 0 Å². The Labute approximate surface area is 92.2 Å². The van der Waals surface area contributed by atoms with Crippen molar-refractivity contribution in [1.29, 1.82) is 0 Å². The molecule has 1 aromatic heterocycles. The van der Waals surface area contributed by atoms with Crippen LogP contribution in [0.15, 0.2) is 30.6 Å². The van der Waals surface area contributed by atoms with Gasteiger partial charge in [-0.15, -0.1) is 0 Å². The van der Waals surface area contributed by atoms with Crippen LogP contribution in [0, 0.1) is 0 Å². The van der Waals surface area contributed by atoms with Crippen LogP contribution in [-0.4, -0.2) is 17.1 Å². The van der Waals surface area contributed by atoms with E-state index in [1.54, 1.807) is 25.6 Å². The molecule has 4 nitrogen and oxygen atoms in total. The van der Waals surface area contributed by atoms with E-state index in [4.69, 9.17) is 16.3 Å². The highest BCUT2D eigenvalue weighted by Gasteiger charge is 2.02. The molecule has 2 aromatic rings. The maximum absolute atomic E-state index is 5.90. The largest absolute Gasteiger partial charge is 0.495 e. The second-order valence-electron chi connectivity index (χ2n) is 2.91. The lowest BCUT2D eigenvalue weighted by Crippen LogP contribution is -1.93. The summed E-state index contributed by atoms with van der Waals surface area (Å²) in [6.07, 6.45) is 3.42. The molecule has 0 bridgehead atoms. The Morgan fingerprint density at radius 1 is 1.47 bits per heavy atom. The van der Waals surface area contributed by atoms with Crippen molar-refractivity contribution in [3.63, 3.8) is 0 Å². The molecule has 0 spiro atoms. The summed E-state index contributed by atoms with van der Waals surface area (Å²) in [6, 6.07) is 5.43. The lowest BCUT2D eigenvalue weighted by Gasteiger charge is -2.06. The quantitative estimate of drug-likeness (QED) is 0.841. The van der Waals surface area contributed by atoms with Crippen LogP contribution in [-0.2, 0) is 0 Å². The fourth-order valence-corrected chi connectivity index (χ4v) is 1.40. The second kappa shape index (κ2) is 4.23. The number of aromatic nitrogens is 2. The molecule has 0 aliphatic heterocycles. The smallest absolute Gasteiger partial charge is 0.204 e. The first-order chi connectivity index (χ1) is 7.29. The molecule has 0 radical (unpaired) electrons. The van der Waals surface area contributed by atoms with Crippen molar-refractivity contribution in [2.75, 3.05) is 12.4 Å². The molecule has 0 unspecified atom stereocenters. The Balaban J connectivity index is 2.22. The topological polar surface area (TPSA) is 49.9 Å². The van der Waals surface area contributed by atoms with Crippen molar-refractivity contribution < 1.29 is 4.74 Å². The summed E-state index contributed by atoms with van der Waals surface area (Å²) in [6.45, 7) is 0. The fourth-order valence-electron chi connectivity index (χ4n) is 1.21. The van der Waals surface area contributed by atoms with Gasteiger partial charge in [0.2, 0.25) is 5.95 Å². The Morgan fingerprint density at radius 2 is 2.33 bits per heavy atom. The zero-order chi connectivity index (χ0) is 10.7. The van der Waals surface area contributed by atoms with Crippen LogP contribution >= 0.6 is 11.6 Å². The molecular formula is C10H10ClN3O. The summed E-state index contributed by atoms with van der Waals surface area (Å²) in [5.41, 5.74) is 0.867. The average molecular weight is 224 g/mol. The number of methoxy groups -OCH3 is 1. The highest BCUT2D eigenvalue weighted by molar-refractivity contribution is 6.32. The molecule has 0 aliphatic rings. The predicted molar refractivity (Wildman–Crippen MR) is 59.9 cm³/mol. The summed E-state index contributed by atoms with van der Waals surface area (Å²) in [4.78, 5) is 6.99. The van der Waals surface area contributed by atoms with E-state index in [1.165, 1.54) is 0 Å². The summed E-state index contributed by atoms with van der Waals surface area (Å²) in [5.74, 6) is 1.31. The Morgan fingerprint density at radius 3 is 3.00 bits per heavy atom. The predicted octanol–water partition coefficient (Wildman–Crippen LogP) is 2.82. The van der Waals surface area contributed by atoms with Gasteiger partial charge in [0.1, 0.15) is 5.75 Å². The van der Waals surface area contributed by atoms with Gasteiger partial charge in [-0.3, -0.25) is 0 Å². The number of benzene rings is 1. The van der Waals surface area contributed by atoms with E-state index < -0.39 is 0 Å². The molecule has 15 heavy (non-hydrogen) atoms. The van der Waals surface area contributed by atoms with E-state index >= 15 is 0 Å². The Kier molecular flexibility index (Phi) is 2.78. The lowest BCUT2D eigenvalue weighted by atomic mass is 10.3. The molecule has 0 fully saturated rings. The van der Waals surface area contributed by atoms with Gasteiger partial charge >= 0.3 is 0 Å². The third-order valence-corrected chi connectivity index (χ3v) is 2.22. The fraction of sp³-hybridized carbons (Fsp3) is 0.100. The van der Waals surface area contributed by atoms with Crippen molar-refractivity contribution in [3.8, 4) is 5.75 Å². The molecule has 0 saturated heterocycles. The Bertz CT molecular complexity index is 442. The zero-order valence-corrected chi connectivity index (χ0v) is 8.88. The maximum Gasteiger partial charge on any atom is 0.204 e. The van der Waals surface area contributed by atoms with E-state index in [2.05, 4.69) is 15.3 Å². The van der Waals surface area contributed by atoms with E-state index in [0.717, 1.165) is 5.69 Å². The standard InChI is InChI=1S/C10H10ClN3O/c1-15-9-6-7(2-3-8(9)11)14-10-12-4-5-13-10/h2-6H,1H3,(H2,12,13,14). The van der Waals surface area contributed by atoms with Crippen LogP contribution in [0.3, 0.4) is 0 Å². The minimum absolute atomic E-state index is 0.586. The van der Waals surface area contributed by atoms with Crippen molar-refractivity contribution in [3.05, 3.63) is 35.6 Å². The maximum atomic E-state index is 5.90. The highest BCUT2D eigenvalue weighted by Crippen LogP contribution is 2.28. The van der Waals surface area contributed by atoms with Gasteiger partial charge in [0.05, 0.1) is 12.1 Å². The van der Waals surface area contributed by atoms with Gasteiger partial charge in [-0.2, -0.15) is 0 Å². The minimum Gasteiger partial charge on any atom is -0.495 e. The molecule has 1 heterocycles. The molecule has 0 aliphatic carbocycles. The van der Waals surface area contributed by atoms with E-state index in [1.807, 2.05) is 12.1 Å². The summed E-state index contributed by atoms with van der Waals surface area (Å²) >= 11 is 5.90. The van der Waals surface area contributed by atoms with E-state index in [9.17, 15) is 0 Å². The molecule has 0 saturated carbocycles. The number of nitrogens with zero attached hydrogens (tertiary/aromatic N) is 1. The van der Waals surface area contributed by atoms with Crippen LogP contribution < -0.4 is 10.1 Å². The van der Waals surface area contributed by atoms with Gasteiger partial charge < -0.3 is 15.0 Å². The number of ether oxygens (including phenoxy) is 1. The van der Waals surface area contributed by atoms with Crippen molar-refractivity contribution in [1.82, 2.24) is 9.97 Å². The number of H-pyrrole nitrogens is 1. The minimum atomic E-state index is 0.586. The van der Waals surface area contributed by atoms with Gasteiger partial charge in [-0.1, -0.05) is 11.6 Å². The number of anilines is 2. The normalized spacial score (nSPS) is 10.0. The van der Waals surface area contributed by atoms with Crippen LogP contribution in [0.4, 0.5) is 11.6 Å². The number of aromatic amines is 1. The average Bonchev–Trinajstić information content (AvgIpc) is 2.73. The molecule has 78 valence electrons. The van der Waals surface area contributed by atoms with Crippen molar-refractivity contribution in [2.45, 2.75) is 0 Å². The molecular weight excluding hydrogens is 214 g/mol. The molecule has 5 heteroatoms. The molecule has 0 amide bonds.